The minimum atomic E-state index is 0. The lowest BCUT2D eigenvalue weighted by molar-refractivity contribution is -0.116. The molecule has 0 radical (unpaired) electrons. The molecular weight excluding hydrogens is 328 g/mol. The number of thioether (sulfide) groups is 1. The van der Waals surface area contributed by atoms with Crippen molar-refractivity contribution in [3.05, 3.63) is 54.6 Å². The van der Waals surface area contributed by atoms with E-state index < -0.39 is 0 Å². The molecule has 1 saturated heterocycles. The number of nitrogens with one attached hydrogen (secondary N) is 2. The number of halogens is 1. The summed E-state index contributed by atoms with van der Waals surface area (Å²) in [4.78, 5) is 12.3. The molecule has 2 N–H and O–H groups in total. The number of carbonyl (C=O) groups excluding carboxylic acids is 1. The lowest BCUT2D eigenvalue weighted by Crippen LogP contribution is -2.39. The summed E-state index contributed by atoms with van der Waals surface area (Å²) in [5.41, 5.74) is 3.05. The molecule has 5 heteroatoms. The van der Waals surface area contributed by atoms with E-state index in [2.05, 4.69) is 22.8 Å². The maximum Gasteiger partial charge on any atom is 0.225 e. The Balaban J connectivity index is 0.00000192. The van der Waals surface area contributed by atoms with Crippen molar-refractivity contribution in [2.45, 2.75) is 12.5 Å². The molecule has 1 unspecified atom stereocenters. The molecule has 1 atom stereocenters. The summed E-state index contributed by atoms with van der Waals surface area (Å²) in [6.07, 6.45) is 0.524. The smallest absolute Gasteiger partial charge is 0.225 e. The third kappa shape index (κ3) is 4.99. The van der Waals surface area contributed by atoms with Gasteiger partial charge in [0.1, 0.15) is 0 Å². The molecule has 1 amide bonds. The standard InChI is InChI=1S/C18H20N2OS.ClH/c21-18(12-15-13-22-11-10-19-15)20-17-9-5-4-8-16(17)14-6-2-1-3-7-14;/h1-9,15,19H,10-13H2,(H,20,21);1H. The number of rotatable bonds is 4. The molecular formula is C18H21ClN2OS. The van der Waals surface area contributed by atoms with Gasteiger partial charge in [-0.3, -0.25) is 4.79 Å². The van der Waals surface area contributed by atoms with Crippen LogP contribution in [-0.2, 0) is 4.79 Å². The average molecular weight is 349 g/mol. The highest BCUT2D eigenvalue weighted by atomic mass is 35.5. The van der Waals surface area contributed by atoms with Gasteiger partial charge in [-0.2, -0.15) is 11.8 Å². The van der Waals surface area contributed by atoms with Crippen LogP contribution >= 0.6 is 24.2 Å². The molecule has 1 fully saturated rings. The van der Waals surface area contributed by atoms with Crippen molar-refractivity contribution in [1.82, 2.24) is 5.32 Å². The Kier molecular flexibility index (Phi) is 6.96. The highest BCUT2D eigenvalue weighted by Gasteiger charge is 2.17. The van der Waals surface area contributed by atoms with Gasteiger partial charge in [-0.25, -0.2) is 0 Å². The number of carbonyl (C=O) groups is 1. The fourth-order valence-electron chi connectivity index (χ4n) is 2.64. The van der Waals surface area contributed by atoms with Crippen LogP contribution in [-0.4, -0.2) is 30.0 Å². The molecule has 2 aromatic carbocycles. The summed E-state index contributed by atoms with van der Waals surface area (Å²) in [5, 5.41) is 6.47. The molecule has 2 aromatic rings. The van der Waals surface area contributed by atoms with Gasteiger partial charge in [-0.1, -0.05) is 48.5 Å². The van der Waals surface area contributed by atoms with Crippen molar-refractivity contribution >= 4 is 35.8 Å². The summed E-state index contributed by atoms with van der Waals surface area (Å²) < 4.78 is 0. The summed E-state index contributed by atoms with van der Waals surface area (Å²) >= 11 is 1.91. The maximum atomic E-state index is 12.3. The first kappa shape index (κ1) is 17.9. The number of amides is 1. The van der Waals surface area contributed by atoms with Gasteiger partial charge >= 0.3 is 0 Å². The van der Waals surface area contributed by atoms with Gasteiger partial charge in [0, 0.05) is 41.8 Å². The van der Waals surface area contributed by atoms with E-state index in [-0.39, 0.29) is 24.4 Å². The highest BCUT2D eigenvalue weighted by molar-refractivity contribution is 7.99. The Bertz CT molecular complexity index is 630. The zero-order valence-electron chi connectivity index (χ0n) is 12.8. The van der Waals surface area contributed by atoms with E-state index >= 15 is 0 Å². The summed E-state index contributed by atoms with van der Waals surface area (Å²) in [6, 6.07) is 18.4. The topological polar surface area (TPSA) is 41.1 Å². The lowest BCUT2D eigenvalue weighted by atomic mass is 10.0. The second-order valence-corrected chi connectivity index (χ2v) is 6.54. The van der Waals surface area contributed by atoms with Gasteiger partial charge in [0.05, 0.1) is 0 Å². The fraction of sp³-hybridized carbons (Fsp3) is 0.278. The van der Waals surface area contributed by atoms with Gasteiger partial charge in [0.2, 0.25) is 5.91 Å². The van der Waals surface area contributed by atoms with Gasteiger partial charge in [0.15, 0.2) is 0 Å². The molecule has 0 aromatic heterocycles. The van der Waals surface area contributed by atoms with Crippen molar-refractivity contribution in [2.24, 2.45) is 0 Å². The first-order valence-corrected chi connectivity index (χ1v) is 8.74. The highest BCUT2D eigenvalue weighted by Crippen LogP contribution is 2.27. The van der Waals surface area contributed by atoms with Crippen molar-refractivity contribution in [2.75, 3.05) is 23.4 Å². The molecule has 3 rings (SSSR count). The number of para-hydroxylation sites is 1. The molecule has 23 heavy (non-hydrogen) atoms. The van der Waals surface area contributed by atoms with Crippen LogP contribution in [0, 0.1) is 0 Å². The Hall–Kier alpha value is -1.49. The Morgan fingerprint density at radius 3 is 2.61 bits per heavy atom. The van der Waals surface area contributed by atoms with E-state index in [1.54, 1.807) is 0 Å². The first-order valence-electron chi connectivity index (χ1n) is 7.58. The molecule has 0 spiro atoms. The molecule has 122 valence electrons. The minimum Gasteiger partial charge on any atom is -0.325 e. The van der Waals surface area contributed by atoms with Crippen molar-refractivity contribution < 1.29 is 4.79 Å². The van der Waals surface area contributed by atoms with E-state index in [0.29, 0.717) is 6.42 Å². The maximum absolute atomic E-state index is 12.3. The van der Waals surface area contributed by atoms with Crippen LogP contribution in [0.1, 0.15) is 6.42 Å². The van der Waals surface area contributed by atoms with Crippen LogP contribution < -0.4 is 10.6 Å². The van der Waals surface area contributed by atoms with E-state index in [1.807, 2.05) is 54.2 Å². The summed E-state index contributed by atoms with van der Waals surface area (Å²) in [6.45, 7) is 0.989. The Morgan fingerprint density at radius 1 is 1.13 bits per heavy atom. The molecule has 1 heterocycles. The van der Waals surface area contributed by atoms with E-state index in [9.17, 15) is 4.79 Å². The van der Waals surface area contributed by atoms with Crippen LogP contribution in [0.25, 0.3) is 11.1 Å². The second kappa shape index (κ2) is 8.96. The largest absolute Gasteiger partial charge is 0.325 e. The predicted molar refractivity (Wildman–Crippen MR) is 101 cm³/mol. The summed E-state index contributed by atoms with van der Waals surface area (Å²) in [7, 11) is 0. The fourth-order valence-corrected chi connectivity index (χ4v) is 3.59. The number of benzene rings is 2. The SMILES string of the molecule is Cl.O=C(CC1CSCCN1)Nc1ccccc1-c1ccccc1. The molecule has 0 bridgehead atoms. The zero-order valence-corrected chi connectivity index (χ0v) is 14.5. The Morgan fingerprint density at radius 2 is 1.87 bits per heavy atom. The van der Waals surface area contributed by atoms with Crippen molar-refractivity contribution in [1.29, 1.82) is 0 Å². The quantitative estimate of drug-likeness (QED) is 0.882. The van der Waals surface area contributed by atoms with E-state index in [0.717, 1.165) is 34.9 Å². The van der Waals surface area contributed by atoms with Crippen LogP contribution in [0.2, 0.25) is 0 Å². The first-order chi connectivity index (χ1) is 10.8. The van der Waals surface area contributed by atoms with Crippen LogP contribution in [0.4, 0.5) is 5.69 Å². The number of hydrogen-bond acceptors (Lipinski definition) is 3. The number of hydrogen-bond donors (Lipinski definition) is 2. The minimum absolute atomic E-state index is 0. The Labute approximate surface area is 147 Å². The lowest BCUT2D eigenvalue weighted by Gasteiger charge is -2.22. The molecule has 3 nitrogen and oxygen atoms in total. The van der Waals surface area contributed by atoms with Crippen LogP contribution in [0.3, 0.4) is 0 Å². The second-order valence-electron chi connectivity index (χ2n) is 5.39. The van der Waals surface area contributed by atoms with Gasteiger partial charge in [-0.15, -0.1) is 12.4 Å². The molecule has 1 aliphatic rings. The molecule has 1 aliphatic heterocycles. The zero-order chi connectivity index (χ0) is 15.2. The monoisotopic (exact) mass is 348 g/mol. The van der Waals surface area contributed by atoms with Gasteiger partial charge in [0.25, 0.3) is 0 Å². The van der Waals surface area contributed by atoms with Crippen molar-refractivity contribution in [3.8, 4) is 11.1 Å². The predicted octanol–water partition coefficient (Wildman–Crippen LogP) is 3.81. The average Bonchev–Trinajstić information content (AvgIpc) is 2.57. The molecule has 0 saturated carbocycles. The van der Waals surface area contributed by atoms with Gasteiger partial charge < -0.3 is 10.6 Å². The van der Waals surface area contributed by atoms with Crippen LogP contribution in [0.15, 0.2) is 54.6 Å². The van der Waals surface area contributed by atoms with E-state index in [4.69, 9.17) is 0 Å². The van der Waals surface area contributed by atoms with E-state index in [1.165, 1.54) is 0 Å². The third-order valence-electron chi connectivity index (χ3n) is 3.72. The normalized spacial score (nSPS) is 17.1. The third-order valence-corrected chi connectivity index (χ3v) is 4.85. The number of anilines is 1. The molecule has 0 aliphatic carbocycles. The summed E-state index contributed by atoms with van der Waals surface area (Å²) in [5.74, 6) is 2.21. The van der Waals surface area contributed by atoms with Crippen LogP contribution in [0.5, 0.6) is 0 Å². The van der Waals surface area contributed by atoms with Gasteiger partial charge in [-0.05, 0) is 11.6 Å². The van der Waals surface area contributed by atoms with Crippen molar-refractivity contribution in [3.63, 3.8) is 0 Å².